The van der Waals surface area contributed by atoms with E-state index < -0.39 is 0 Å². The first kappa shape index (κ1) is 16.9. The third-order valence-corrected chi connectivity index (χ3v) is 5.52. The molecule has 0 saturated carbocycles. The second kappa shape index (κ2) is 6.65. The molecule has 4 rings (SSSR count). The molecule has 0 saturated heterocycles. The average molecular weight is 377 g/mol. The second-order valence-corrected chi connectivity index (χ2v) is 7.08. The van der Waals surface area contributed by atoms with Crippen molar-refractivity contribution in [2.45, 2.75) is 11.8 Å². The summed E-state index contributed by atoms with van der Waals surface area (Å²) in [6.45, 7) is 0. The highest BCUT2D eigenvalue weighted by molar-refractivity contribution is 6.39. The topological polar surface area (TPSA) is 17.1 Å². The summed E-state index contributed by atoms with van der Waals surface area (Å²) < 4.78 is 0. The molecule has 0 radical (unpaired) electrons. The minimum atomic E-state index is -0.237. The molecule has 0 aromatic heterocycles. The van der Waals surface area contributed by atoms with E-state index in [1.807, 2.05) is 54.6 Å². The minimum absolute atomic E-state index is 0.147. The Morgan fingerprint density at radius 2 is 1.35 bits per heavy atom. The van der Waals surface area contributed by atoms with Gasteiger partial charge >= 0.3 is 0 Å². The highest BCUT2D eigenvalue weighted by Crippen LogP contribution is 2.47. The molecular weight excluding hydrogens is 363 g/mol. The fourth-order valence-electron chi connectivity index (χ4n) is 3.78. The van der Waals surface area contributed by atoms with Gasteiger partial charge in [0.2, 0.25) is 0 Å². The quantitative estimate of drug-likeness (QED) is 0.494. The number of fused-ring (bicyclic) bond motifs is 2. The minimum Gasteiger partial charge on any atom is -0.288 e. The van der Waals surface area contributed by atoms with E-state index in [2.05, 4.69) is 5.92 Å². The molecule has 0 heterocycles. The number of carbonyl (C=O) groups is 1. The van der Waals surface area contributed by atoms with Crippen molar-refractivity contribution in [2.75, 3.05) is 0 Å². The van der Waals surface area contributed by atoms with Gasteiger partial charge in [0.15, 0.2) is 5.78 Å². The lowest BCUT2D eigenvalue weighted by Crippen LogP contribution is -2.24. The molecule has 3 heteroatoms. The molecular formula is C23H14Cl2O. The highest BCUT2D eigenvalue weighted by atomic mass is 35.5. The largest absolute Gasteiger partial charge is 0.288 e. The van der Waals surface area contributed by atoms with Crippen LogP contribution in [0.5, 0.6) is 0 Å². The molecule has 0 amide bonds. The Balaban J connectivity index is 2.03. The van der Waals surface area contributed by atoms with Gasteiger partial charge in [0, 0.05) is 17.0 Å². The highest BCUT2D eigenvalue weighted by Gasteiger charge is 2.38. The van der Waals surface area contributed by atoms with Gasteiger partial charge in [-0.3, -0.25) is 4.79 Å². The standard InChI is InChI=1S/C23H14Cl2O/c1-2-15(14-8-4-3-5-9-14)20-16-10-6-12-18(24)21(16)23(26)22-17(20)11-7-13-19(22)25/h1,3-13,15,20H. The van der Waals surface area contributed by atoms with Crippen molar-refractivity contribution in [1.82, 2.24) is 0 Å². The molecule has 0 aliphatic heterocycles. The summed E-state index contributed by atoms with van der Waals surface area (Å²) in [7, 11) is 0. The number of carbonyl (C=O) groups excluding carboxylic acids is 1. The van der Waals surface area contributed by atoms with E-state index in [0.717, 1.165) is 16.7 Å². The lowest BCUT2D eigenvalue weighted by Gasteiger charge is -2.32. The Kier molecular flexibility index (Phi) is 4.32. The molecule has 3 aromatic carbocycles. The Morgan fingerprint density at radius 3 is 1.85 bits per heavy atom. The first-order chi connectivity index (χ1) is 12.6. The summed E-state index contributed by atoms with van der Waals surface area (Å²) in [6.07, 6.45) is 5.96. The summed E-state index contributed by atoms with van der Waals surface area (Å²) in [4.78, 5) is 13.1. The predicted octanol–water partition coefficient (Wildman–Crippen LogP) is 6.09. The van der Waals surface area contributed by atoms with Crippen molar-refractivity contribution in [3.8, 4) is 12.3 Å². The summed E-state index contributed by atoms with van der Waals surface area (Å²) in [5, 5.41) is 0.846. The van der Waals surface area contributed by atoms with Gasteiger partial charge in [0.1, 0.15) is 0 Å². The summed E-state index contributed by atoms with van der Waals surface area (Å²) in [5.41, 5.74) is 3.71. The van der Waals surface area contributed by atoms with Crippen LogP contribution in [0.4, 0.5) is 0 Å². The van der Waals surface area contributed by atoms with Gasteiger partial charge < -0.3 is 0 Å². The van der Waals surface area contributed by atoms with Crippen LogP contribution in [0.1, 0.15) is 44.4 Å². The summed E-state index contributed by atoms with van der Waals surface area (Å²) >= 11 is 12.8. The normalized spacial score (nSPS) is 14.3. The maximum absolute atomic E-state index is 13.1. The SMILES string of the molecule is C#CC(c1ccccc1)C1c2cccc(Cl)c2C(=O)c2c(Cl)cccc21. The third kappa shape index (κ3) is 2.54. The van der Waals surface area contributed by atoms with Crippen LogP contribution in [0.15, 0.2) is 66.7 Å². The molecule has 1 aliphatic carbocycles. The van der Waals surface area contributed by atoms with Crippen molar-refractivity contribution < 1.29 is 4.79 Å². The molecule has 0 bridgehead atoms. The van der Waals surface area contributed by atoms with E-state index in [1.54, 1.807) is 12.1 Å². The van der Waals surface area contributed by atoms with Crippen molar-refractivity contribution >= 4 is 29.0 Å². The molecule has 1 nitrogen and oxygen atoms in total. The zero-order valence-electron chi connectivity index (χ0n) is 13.7. The van der Waals surface area contributed by atoms with Crippen LogP contribution in [0.25, 0.3) is 0 Å². The number of benzene rings is 3. The number of halogens is 2. The van der Waals surface area contributed by atoms with Crippen molar-refractivity contribution in [2.24, 2.45) is 0 Å². The van der Waals surface area contributed by atoms with Gasteiger partial charge in [0.25, 0.3) is 0 Å². The zero-order valence-corrected chi connectivity index (χ0v) is 15.3. The lowest BCUT2D eigenvalue weighted by atomic mass is 9.70. The second-order valence-electron chi connectivity index (χ2n) is 6.27. The number of ketones is 1. The van der Waals surface area contributed by atoms with E-state index in [-0.39, 0.29) is 17.6 Å². The molecule has 1 aliphatic rings. The number of hydrogen-bond acceptors (Lipinski definition) is 1. The van der Waals surface area contributed by atoms with Crippen LogP contribution in [0.3, 0.4) is 0 Å². The van der Waals surface area contributed by atoms with E-state index in [9.17, 15) is 4.79 Å². The molecule has 1 unspecified atom stereocenters. The predicted molar refractivity (Wildman–Crippen MR) is 106 cm³/mol. The molecule has 0 N–H and O–H groups in total. The summed E-state index contributed by atoms with van der Waals surface area (Å²) in [6, 6.07) is 20.9. The first-order valence-electron chi connectivity index (χ1n) is 8.26. The maximum atomic E-state index is 13.1. The Morgan fingerprint density at radius 1 is 0.808 bits per heavy atom. The van der Waals surface area contributed by atoms with E-state index in [4.69, 9.17) is 29.6 Å². The van der Waals surface area contributed by atoms with Crippen LogP contribution in [0, 0.1) is 12.3 Å². The monoisotopic (exact) mass is 376 g/mol. The van der Waals surface area contributed by atoms with Crippen molar-refractivity contribution in [3.05, 3.63) is 105 Å². The number of hydrogen-bond donors (Lipinski definition) is 0. The summed E-state index contributed by atoms with van der Waals surface area (Å²) in [5.74, 6) is 2.35. The van der Waals surface area contributed by atoms with Gasteiger partial charge in [-0.1, -0.05) is 83.7 Å². The van der Waals surface area contributed by atoms with E-state index >= 15 is 0 Å². The van der Waals surface area contributed by atoms with E-state index in [0.29, 0.717) is 21.2 Å². The fourth-order valence-corrected chi connectivity index (χ4v) is 4.31. The van der Waals surface area contributed by atoms with Crippen LogP contribution in [-0.4, -0.2) is 5.78 Å². The van der Waals surface area contributed by atoms with Gasteiger partial charge in [-0.2, -0.15) is 0 Å². The van der Waals surface area contributed by atoms with E-state index in [1.165, 1.54) is 0 Å². The van der Waals surface area contributed by atoms with Crippen molar-refractivity contribution in [1.29, 1.82) is 0 Å². The Labute approximate surface area is 162 Å². The average Bonchev–Trinajstić information content (AvgIpc) is 2.65. The van der Waals surface area contributed by atoms with Crippen LogP contribution < -0.4 is 0 Å². The molecule has 26 heavy (non-hydrogen) atoms. The molecule has 126 valence electrons. The van der Waals surface area contributed by atoms with Crippen LogP contribution in [-0.2, 0) is 0 Å². The lowest BCUT2D eigenvalue weighted by molar-refractivity contribution is 0.103. The van der Waals surface area contributed by atoms with Crippen LogP contribution >= 0.6 is 23.2 Å². The molecule has 3 aromatic rings. The first-order valence-corrected chi connectivity index (χ1v) is 9.01. The fraction of sp³-hybridized carbons (Fsp3) is 0.0870. The Hall–Kier alpha value is -2.53. The van der Waals surface area contributed by atoms with Gasteiger partial charge in [-0.25, -0.2) is 0 Å². The molecule has 1 atom stereocenters. The van der Waals surface area contributed by atoms with Gasteiger partial charge in [0.05, 0.1) is 16.0 Å². The maximum Gasteiger partial charge on any atom is 0.196 e. The number of rotatable bonds is 2. The Bertz CT molecular complexity index is 992. The third-order valence-electron chi connectivity index (χ3n) is 4.89. The number of terminal acetylenes is 1. The molecule has 0 spiro atoms. The zero-order chi connectivity index (χ0) is 18.3. The van der Waals surface area contributed by atoms with Crippen molar-refractivity contribution in [3.63, 3.8) is 0 Å². The van der Waals surface area contributed by atoms with Gasteiger partial charge in [-0.05, 0) is 28.8 Å². The van der Waals surface area contributed by atoms with Crippen LogP contribution in [0.2, 0.25) is 10.0 Å². The van der Waals surface area contributed by atoms with Gasteiger partial charge in [-0.15, -0.1) is 6.42 Å². The molecule has 0 fully saturated rings. The smallest absolute Gasteiger partial charge is 0.196 e.